The Kier molecular flexibility index (Phi) is 3.57. The van der Waals surface area contributed by atoms with E-state index in [1.165, 1.54) is 0 Å². The van der Waals surface area contributed by atoms with Gasteiger partial charge in [0.05, 0.1) is 17.7 Å². The van der Waals surface area contributed by atoms with Gasteiger partial charge in [0.15, 0.2) is 0 Å². The Hall–Kier alpha value is -2.80. The van der Waals surface area contributed by atoms with Gasteiger partial charge in [0.2, 0.25) is 0 Å². The molecule has 0 N–H and O–H groups in total. The molecule has 0 atom stereocenters. The zero-order chi connectivity index (χ0) is 14.7. The molecule has 0 aliphatic rings. The Balaban J connectivity index is 1.79. The summed E-state index contributed by atoms with van der Waals surface area (Å²) in [5.74, 6) is 1.78. The van der Waals surface area contributed by atoms with Crippen molar-refractivity contribution in [2.24, 2.45) is 7.05 Å². The van der Waals surface area contributed by atoms with Gasteiger partial charge in [0.25, 0.3) is 0 Å². The van der Waals surface area contributed by atoms with Crippen LogP contribution in [0.15, 0.2) is 48.5 Å². The van der Waals surface area contributed by atoms with Crippen molar-refractivity contribution in [2.75, 3.05) is 6.61 Å². The number of aryl methyl sites for hydroxylation is 1. The Morgan fingerprint density at radius 1 is 1.14 bits per heavy atom. The number of imidazole rings is 1. The number of para-hydroxylation sites is 2. The number of benzene rings is 2. The molecular weight excluding hydrogens is 262 g/mol. The van der Waals surface area contributed by atoms with E-state index >= 15 is 0 Å². The fourth-order valence-electron chi connectivity index (χ4n) is 2.35. The molecule has 0 saturated carbocycles. The van der Waals surface area contributed by atoms with Gasteiger partial charge >= 0.3 is 0 Å². The molecule has 4 heteroatoms. The summed E-state index contributed by atoms with van der Waals surface area (Å²) in [5.41, 5.74) is 2.35. The molecule has 0 aliphatic carbocycles. The summed E-state index contributed by atoms with van der Waals surface area (Å²) in [6, 6.07) is 17.6. The van der Waals surface area contributed by atoms with Crippen LogP contribution in [0.4, 0.5) is 0 Å². The molecule has 0 spiro atoms. The first kappa shape index (κ1) is 13.2. The van der Waals surface area contributed by atoms with Crippen molar-refractivity contribution in [1.82, 2.24) is 9.55 Å². The van der Waals surface area contributed by atoms with Gasteiger partial charge in [-0.2, -0.15) is 5.26 Å². The first-order valence-corrected chi connectivity index (χ1v) is 6.82. The van der Waals surface area contributed by atoms with E-state index in [9.17, 15) is 0 Å². The highest BCUT2D eigenvalue weighted by molar-refractivity contribution is 5.82. The maximum absolute atomic E-state index is 9.14. The molecule has 104 valence electrons. The maximum Gasteiger partial charge on any atom is 0.119 e. The van der Waals surface area contributed by atoms with E-state index in [4.69, 9.17) is 10.00 Å². The van der Waals surface area contributed by atoms with Gasteiger partial charge in [-0.25, -0.2) is 4.98 Å². The minimum Gasteiger partial charge on any atom is -0.493 e. The second kappa shape index (κ2) is 5.68. The predicted octanol–water partition coefficient (Wildman–Crippen LogP) is 3.07. The Labute approximate surface area is 123 Å². The number of hydrogen-bond donors (Lipinski definition) is 0. The van der Waals surface area contributed by atoms with Crippen molar-refractivity contribution in [1.29, 1.82) is 5.26 Å². The van der Waals surface area contributed by atoms with Gasteiger partial charge in [-0.15, -0.1) is 0 Å². The zero-order valence-electron chi connectivity index (χ0n) is 11.8. The fraction of sp³-hybridized carbons (Fsp3) is 0.176. The molecule has 0 radical (unpaired) electrons. The molecule has 21 heavy (non-hydrogen) atoms. The first-order chi connectivity index (χ1) is 10.3. The van der Waals surface area contributed by atoms with E-state index in [0.717, 1.165) is 22.6 Å². The lowest BCUT2D eigenvalue weighted by Gasteiger charge is -2.06. The van der Waals surface area contributed by atoms with Gasteiger partial charge < -0.3 is 9.30 Å². The molecule has 0 aliphatic heterocycles. The number of nitrogens with zero attached hydrogens (tertiary/aromatic N) is 3. The van der Waals surface area contributed by atoms with E-state index in [2.05, 4.69) is 11.1 Å². The van der Waals surface area contributed by atoms with Crippen molar-refractivity contribution in [2.45, 2.75) is 6.42 Å². The summed E-state index contributed by atoms with van der Waals surface area (Å²) < 4.78 is 7.72. The van der Waals surface area contributed by atoms with Crippen molar-refractivity contribution < 1.29 is 4.74 Å². The second-order valence-corrected chi connectivity index (χ2v) is 4.78. The summed E-state index contributed by atoms with van der Waals surface area (Å²) >= 11 is 0. The highest BCUT2D eigenvalue weighted by atomic mass is 16.5. The molecule has 3 aromatic rings. The third-order valence-electron chi connectivity index (χ3n) is 3.46. The van der Waals surface area contributed by atoms with Crippen molar-refractivity contribution in [3.8, 4) is 11.8 Å². The lowest BCUT2D eigenvalue weighted by molar-refractivity contribution is 0.318. The average Bonchev–Trinajstić information content (AvgIpc) is 2.85. The number of fused-ring (bicyclic) bond motifs is 1. The molecule has 0 saturated heterocycles. The highest BCUT2D eigenvalue weighted by Gasteiger charge is 2.10. The molecule has 4 nitrogen and oxygen atoms in total. The Morgan fingerprint density at radius 2 is 1.95 bits per heavy atom. The van der Waals surface area contributed by atoms with E-state index < -0.39 is 0 Å². The number of aromatic nitrogens is 2. The number of rotatable bonds is 4. The number of ether oxygens (including phenoxy) is 1. The largest absolute Gasteiger partial charge is 0.493 e. The van der Waals surface area contributed by atoms with E-state index in [-0.39, 0.29) is 0 Å². The van der Waals surface area contributed by atoms with Gasteiger partial charge in [0, 0.05) is 13.5 Å². The predicted molar refractivity (Wildman–Crippen MR) is 81.1 cm³/mol. The third-order valence-corrected chi connectivity index (χ3v) is 3.46. The second-order valence-electron chi connectivity index (χ2n) is 4.78. The van der Waals surface area contributed by atoms with Gasteiger partial charge in [-0.1, -0.05) is 24.3 Å². The topological polar surface area (TPSA) is 50.8 Å². The van der Waals surface area contributed by atoms with Crippen LogP contribution in [0.2, 0.25) is 0 Å². The monoisotopic (exact) mass is 277 g/mol. The van der Waals surface area contributed by atoms with Gasteiger partial charge in [-0.3, -0.25) is 0 Å². The van der Waals surface area contributed by atoms with Crippen LogP contribution >= 0.6 is 0 Å². The standard InChI is InChI=1S/C17H15N3O/c1-20-15-9-5-6-13(12-18)17(15)19-16(20)10-11-21-14-7-3-2-4-8-14/h2-9H,10-11H2,1H3. The Bertz CT molecular complexity index is 800. The lowest BCUT2D eigenvalue weighted by Crippen LogP contribution is -2.06. The van der Waals surface area contributed by atoms with Crippen LogP contribution in [0.1, 0.15) is 11.4 Å². The van der Waals surface area contributed by atoms with Crippen molar-refractivity contribution in [3.63, 3.8) is 0 Å². The fourth-order valence-corrected chi connectivity index (χ4v) is 2.35. The molecule has 0 bridgehead atoms. The van der Waals surface area contributed by atoms with Crippen molar-refractivity contribution >= 4 is 11.0 Å². The molecule has 1 heterocycles. The van der Waals surface area contributed by atoms with Crippen LogP contribution in [0.5, 0.6) is 5.75 Å². The zero-order valence-corrected chi connectivity index (χ0v) is 11.8. The molecule has 3 rings (SSSR count). The Morgan fingerprint density at radius 3 is 2.71 bits per heavy atom. The number of hydrogen-bond acceptors (Lipinski definition) is 3. The maximum atomic E-state index is 9.14. The van der Waals surface area contributed by atoms with E-state index in [0.29, 0.717) is 18.6 Å². The average molecular weight is 277 g/mol. The summed E-state index contributed by atoms with van der Waals surface area (Å²) in [6.07, 6.45) is 0.699. The summed E-state index contributed by atoms with van der Waals surface area (Å²) in [6.45, 7) is 0.559. The van der Waals surface area contributed by atoms with Gasteiger partial charge in [-0.05, 0) is 24.3 Å². The normalized spacial score (nSPS) is 10.5. The summed E-state index contributed by atoms with van der Waals surface area (Å²) in [4.78, 5) is 4.57. The van der Waals surface area contributed by atoms with Crippen LogP contribution in [-0.4, -0.2) is 16.2 Å². The van der Waals surface area contributed by atoms with Crippen LogP contribution in [0.25, 0.3) is 11.0 Å². The van der Waals surface area contributed by atoms with Crippen LogP contribution in [0, 0.1) is 11.3 Å². The van der Waals surface area contributed by atoms with E-state index in [1.807, 2.05) is 54.1 Å². The van der Waals surface area contributed by atoms with Crippen LogP contribution < -0.4 is 4.74 Å². The molecule has 0 unspecified atom stereocenters. The number of nitriles is 1. The third kappa shape index (κ3) is 2.59. The molecule has 1 aromatic heterocycles. The molecule has 2 aromatic carbocycles. The smallest absolute Gasteiger partial charge is 0.119 e. The van der Waals surface area contributed by atoms with Crippen LogP contribution in [0.3, 0.4) is 0 Å². The quantitative estimate of drug-likeness (QED) is 0.736. The first-order valence-electron chi connectivity index (χ1n) is 6.82. The molecule has 0 amide bonds. The molecular formula is C17H15N3O. The summed E-state index contributed by atoms with van der Waals surface area (Å²) in [5, 5.41) is 9.14. The molecule has 0 fully saturated rings. The minimum absolute atomic E-state index is 0.559. The highest BCUT2D eigenvalue weighted by Crippen LogP contribution is 2.19. The lowest BCUT2D eigenvalue weighted by atomic mass is 10.2. The van der Waals surface area contributed by atoms with Crippen LogP contribution in [-0.2, 0) is 13.5 Å². The summed E-state index contributed by atoms with van der Waals surface area (Å²) in [7, 11) is 1.97. The van der Waals surface area contributed by atoms with Crippen molar-refractivity contribution in [3.05, 3.63) is 59.9 Å². The van der Waals surface area contributed by atoms with E-state index in [1.54, 1.807) is 6.07 Å². The van der Waals surface area contributed by atoms with Gasteiger partial charge in [0.1, 0.15) is 23.2 Å². The SMILES string of the molecule is Cn1c(CCOc2ccccc2)nc2c(C#N)cccc21. The minimum atomic E-state index is 0.559.